The number of benzene rings is 1. The van der Waals surface area contributed by atoms with Gasteiger partial charge >= 0.3 is 6.18 Å². The SMILES string of the molecule is CC(C)[C@@H](CO)N[C@@H](c1ccccc1)C(F)(F)F. The number of hydrogen-bond donors (Lipinski definition) is 2. The Bertz CT molecular complexity index is 351. The molecule has 0 spiro atoms. The molecule has 1 rings (SSSR count). The van der Waals surface area contributed by atoms with Gasteiger partial charge in [0.1, 0.15) is 6.04 Å². The van der Waals surface area contributed by atoms with E-state index < -0.39 is 18.3 Å². The third-order valence-electron chi connectivity index (χ3n) is 2.84. The molecule has 0 unspecified atom stereocenters. The Kier molecular flexibility index (Phi) is 5.16. The van der Waals surface area contributed by atoms with Crippen LogP contribution in [0.25, 0.3) is 0 Å². The summed E-state index contributed by atoms with van der Waals surface area (Å²) in [7, 11) is 0. The number of aliphatic hydroxyl groups is 1. The second kappa shape index (κ2) is 6.20. The standard InChI is InChI=1S/C13H18F3NO/c1-9(2)11(8-18)17-12(13(14,15)16)10-6-4-3-5-7-10/h3-7,9,11-12,17-18H,8H2,1-2H3/t11-,12+/m1/s1. The minimum absolute atomic E-state index is 0.0800. The number of aliphatic hydroxyl groups excluding tert-OH is 1. The summed E-state index contributed by atoms with van der Waals surface area (Å²) in [6, 6.07) is 5.33. The second-order valence-corrected chi connectivity index (χ2v) is 4.59. The van der Waals surface area contributed by atoms with Crippen LogP contribution in [0.15, 0.2) is 30.3 Å². The lowest BCUT2D eigenvalue weighted by atomic mass is 10.0. The van der Waals surface area contributed by atoms with Crippen molar-refractivity contribution in [1.82, 2.24) is 5.32 Å². The van der Waals surface area contributed by atoms with Crippen LogP contribution in [0, 0.1) is 5.92 Å². The van der Waals surface area contributed by atoms with Gasteiger partial charge in [-0.3, -0.25) is 5.32 Å². The van der Waals surface area contributed by atoms with Crippen LogP contribution in [0.2, 0.25) is 0 Å². The maximum Gasteiger partial charge on any atom is 0.407 e. The van der Waals surface area contributed by atoms with Crippen molar-refractivity contribution in [3.63, 3.8) is 0 Å². The van der Waals surface area contributed by atoms with Gasteiger partial charge in [-0.2, -0.15) is 13.2 Å². The second-order valence-electron chi connectivity index (χ2n) is 4.59. The van der Waals surface area contributed by atoms with Gasteiger partial charge in [0.15, 0.2) is 0 Å². The van der Waals surface area contributed by atoms with Crippen LogP contribution in [0.5, 0.6) is 0 Å². The number of hydrogen-bond acceptors (Lipinski definition) is 2. The van der Waals surface area contributed by atoms with E-state index in [1.54, 1.807) is 32.0 Å². The molecule has 1 aromatic carbocycles. The molecule has 0 radical (unpaired) electrons. The molecule has 0 saturated heterocycles. The summed E-state index contributed by atoms with van der Waals surface area (Å²) in [4.78, 5) is 0. The monoisotopic (exact) mass is 261 g/mol. The fourth-order valence-corrected chi connectivity index (χ4v) is 1.70. The Labute approximate surface area is 105 Å². The van der Waals surface area contributed by atoms with Crippen molar-refractivity contribution < 1.29 is 18.3 Å². The smallest absolute Gasteiger partial charge is 0.395 e. The lowest BCUT2D eigenvalue weighted by Crippen LogP contribution is -2.45. The summed E-state index contributed by atoms with van der Waals surface area (Å²) >= 11 is 0. The minimum Gasteiger partial charge on any atom is -0.395 e. The molecule has 1 aromatic rings. The predicted octanol–water partition coefficient (Wildman–Crippen LogP) is 2.90. The van der Waals surface area contributed by atoms with Crippen molar-refractivity contribution in [2.75, 3.05) is 6.61 Å². The Morgan fingerprint density at radius 2 is 1.72 bits per heavy atom. The van der Waals surface area contributed by atoms with E-state index in [9.17, 15) is 13.2 Å². The summed E-state index contributed by atoms with van der Waals surface area (Å²) in [6.45, 7) is 3.22. The van der Waals surface area contributed by atoms with Crippen LogP contribution in [0.1, 0.15) is 25.5 Å². The van der Waals surface area contributed by atoms with Crippen LogP contribution in [-0.2, 0) is 0 Å². The van der Waals surface area contributed by atoms with Crippen molar-refractivity contribution >= 4 is 0 Å². The van der Waals surface area contributed by atoms with Gasteiger partial charge in [-0.15, -0.1) is 0 Å². The molecular weight excluding hydrogens is 243 g/mol. The Morgan fingerprint density at radius 3 is 2.11 bits per heavy atom. The molecule has 2 atom stereocenters. The van der Waals surface area contributed by atoms with Gasteiger partial charge in [0.2, 0.25) is 0 Å². The largest absolute Gasteiger partial charge is 0.407 e. The van der Waals surface area contributed by atoms with Gasteiger partial charge in [0, 0.05) is 6.04 Å². The van der Waals surface area contributed by atoms with Crippen molar-refractivity contribution in [3.05, 3.63) is 35.9 Å². The molecule has 0 heterocycles. The first kappa shape index (κ1) is 15.0. The molecule has 5 heteroatoms. The maximum atomic E-state index is 13.0. The van der Waals surface area contributed by atoms with E-state index in [1.165, 1.54) is 12.1 Å². The Balaban J connectivity index is 2.94. The molecule has 18 heavy (non-hydrogen) atoms. The Hall–Kier alpha value is -1.07. The van der Waals surface area contributed by atoms with Gasteiger partial charge in [0.05, 0.1) is 6.61 Å². The van der Waals surface area contributed by atoms with Crippen LogP contribution in [0.4, 0.5) is 13.2 Å². The minimum atomic E-state index is -4.39. The molecule has 0 fully saturated rings. The number of alkyl halides is 3. The number of rotatable bonds is 5. The summed E-state index contributed by atoms with van der Waals surface area (Å²) in [6.07, 6.45) is -4.39. The highest BCUT2D eigenvalue weighted by atomic mass is 19.4. The lowest BCUT2D eigenvalue weighted by Gasteiger charge is -2.28. The summed E-state index contributed by atoms with van der Waals surface area (Å²) in [5.74, 6) is -0.0800. The van der Waals surface area contributed by atoms with Crippen molar-refractivity contribution in [3.8, 4) is 0 Å². The van der Waals surface area contributed by atoms with E-state index in [2.05, 4.69) is 5.32 Å². The Morgan fingerprint density at radius 1 is 1.17 bits per heavy atom. The van der Waals surface area contributed by atoms with E-state index in [4.69, 9.17) is 5.11 Å². The fraction of sp³-hybridized carbons (Fsp3) is 0.538. The zero-order chi connectivity index (χ0) is 13.8. The molecule has 0 aliphatic carbocycles. The highest BCUT2D eigenvalue weighted by Gasteiger charge is 2.41. The van der Waals surface area contributed by atoms with Gasteiger partial charge in [-0.05, 0) is 11.5 Å². The predicted molar refractivity (Wildman–Crippen MR) is 64.1 cm³/mol. The van der Waals surface area contributed by atoms with Crippen molar-refractivity contribution in [2.24, 2.45) is 5.92 Å². The molecule has 0 aliphatic rings. The lowest BCUT2D eigenvalue weighted by molar-refractivity contribution is -0.161. The molecule has 2 N–H and O–H groups in total. The van der Waals surface area contributed by atoms with E-state index in [0.717, 1.165) is 0 Å². The quantitative estimate of drug-likeness (QED) is 0.854. The molecule has 0 saturated carbocycles. The molecule has 0 aliphatic heterocycles. The number of halogens is 3. The summed E-state index contributed by atoms with van der Waals surface area (Å²) in [5.41, 5.74) is 0.157. The molecule has 0 bridgehead atoms. The highest BCUT2D eigenvalue weighted by molar-refractivity contribution is 5.20. The van der Waals surface area contributed by atoms with E-state index in [1.807, 2.05) is 0 Å². The van der Waals surface area contributed by atoms with Crippen LogP contribution in [0.3, 0.4) is 0 Å². The molecule has 102 valence electrons. The zero-order valence-corrected chi connectivity index (χ0v) is 10.4. The van der Waals surface area contributed by atoms with Crippen LogP contribution >= 0.6 is 0 Å². The average Bonchev–Trinajstić information content (AvgIpc) is 2.29. The van der Waals surface area contributed by atoms with Gasteiger partial charge in [-0.25, -0.2) is 0 Å². The zero-order valence-electron chi connectivity index (χ0n) is 10.4. The topological polar surface area (TPSA) is 32.3 Å². The van der Waals surface area contributed by atoms with Gasteiger partial charge < -0.3 is 5.11 Å². The number of nitrogens with one attached hydrogen (secondary N) is 1. The molecular formula is C13H18F3NO. The van der Waals surface area contributed by atoms with Gasteiger partial charge in [-0.1, -0.05) is 44.2 Å². The van der Waals surface area contributed by atoms with E-state index >= 15 is 0 Å². The first-order valence-corrected chi connectivity index (χ1v) is 5.84. The maximum absolute atomic E-state index is 13.0. The molecule has 0 amide bonds. The average molecular weight is 261 g/mol. The van der Waals surface area contributed by atoms with E-state index in [0.29, 0.717) is 0 Å². The highest BCUT2D eigenvalue weighted by Crippen LogP contribution is 2.33. The first-order chi connectivity index (χ1) is 8.36. The third-order valence-corrected chi connectivity index (χ3v) is 2.84. The molecule has 0 aromatic heterocycles. The van der Waals surface area contributed by atoms with Crippen molar-refractivity contribution in [2.45, 2.75) is 32.1 Å². The normalized spacial score (nSPS) is 15.7. The van der Waals surface area contributed by atoms with Crippen molar-refractivity contribution in [1.29, 1.82) is 0 Å². The summed E-state index contributed by atoms with van der Waals surface area (Å²) in [5, 5.41) is 11.6. The van der Waals surface area contributed by atoms with E-state index in [-0.39, 0.29) is 18.1 Å². The third kappa shape index (κ3) is 3.99. The summed E-state index contributed by atoms with van der Waals surface area (Å²) < 4.78 is 39.1. The van der Waals surface area contributed by atoms with Crippen LogP contribution < -0.4 is 5.32 Å². The first-order valence-electron chi connectivity index (χ1n) is 5.84. The fourth-order valence-electron chi connectivity index (χ4n) is 1.70. The van der Waals surface area contributed by atoms with Gasteiger partial charge in [0.25, 0.3) is 0 Å². The molecule has 2 nitrogen and oxygen atoms in total. The van der Waals surface area contributed by atoms with Crippen LogP contribution in [-0.4, -0.2) is 23.9 Å².